The topological polar surface area (TPSA) is 72.3 Å². The molecule has 2 aromatic heterocycles. The number of carbonyl (C=O) groups excluding carboxylic acids is 1. The first-order valence-electron chi connectivity index (χ1n) is 9.70. The number of nitrogens with zero attached hydrogens (tertiary/aromatic N) is 4. The Balaban J connectivity index is 1.47. The molecule has 1 aromatic carbocycles. The lowest BCUT2D eigenvalue weighted by Gasteiger charge is -2.34. The van der Waals surface area contributed by atoms with E-state index in [1.807, 2.05) is 41.3 Å². The third-order valence-electron chi connectivity index (χ3n) is 4.83. The lowest BCUT2D eigenvalue weighted by molar-refractivity contribution is -0.0707. The number of imidazole rings is 1. The van der Waals surface area contributed by atoms with Crippen molar-refractivity contribution in [1.29, 1.82) is 0 Å². The maximum absolute atomic E-state index is 13.0. The molecular weight excluding hydrogens is 386 g/mol. The molecule has 2 unspecified atom stereocenters. The van der Waals surface area contributed by atoms with E-state index in [1.165, 1.54) is 11.3 Å². The number of aryl methyl sites for hydroxylation is 1. The first-order valence-corrected chi connectivity index (χ1v) is 10.6. The fraction of sp³-hybridized carbons (Fsp3) is 0.381. The molecule has 29 heavy (non-hydrogen) atoms. The third-order valence-corrected chi connectivity index (χ3v) is 5.64. The number of anilines is 1. The molecule has 0 spiro atoms. The number of ether oxygens (including phenoxy) is 1. The molecule has 1 N–H and O–H groups in total. The molecule has 0 bridgehead atoms. The number of benzene rings is 1. The predicted molar refractivity (Wildman–Crippen MR) is 114 cm³/mol. The number of carbonyl (C=O) groups is 1. The van der Waals surface area contributed by atoms with E-state index < -0.39 is 0 Å². The first-order chi connectivity index (χ1) is 14.0. The van der Waals surface area contributed by atoms with Gasteiger partial charge in [0.15, 0.2) is 5.13 Å². The Kier molecular flexibility index (Phi) is 5.75. The van der Waals surface area contributed by atoms with Crippen molar-refractivity contribution >= 4 is 22.4 Å². The van der Waals surface area contributed by atoms with E-state index in [1.54, 1.807) is 12.5 Å². The van der Waals surface area contributed by atoms with Gasteiger partial charge in [0.1, 0.15) is 0 Å². The summed E-state index contributed by atoms with van der Waals surface area (Å²) in [6.07, 6.45) is 5.65. The van der Waals surface area contributed by atoms with Crippen LogP contribution < -0.4 is 5.32 Å². The molecule has 152 valence electrons. The Bertz CT molecular complexity index is 975. The summed E-state index contributed by atoms with van der Waals surface area (Å²) >= 11 is 1.45. The average Bonchev–Trinajstić information content (AvgIpc) is 3.33. The van der Waals surface area contributed by atoms with Crippen LogP contribution in [0.15, 0.2) is 42.3 Å². The lowest BCUT2D eigenvalue weighted by Crippen LogP contribution is -2.44. The summed E-state index contributed by atoms with van der Waals surface area (Å²) in [7, 11) is 0. The van der Waals surface area contributed by atoms with E-state index in [4.69, 9.17) is 4.74 Å². The second kappa shape index (κ2) is 8.44. The number of hydrogen-bond acceptors (Lipinski definition) is 6. The van der Waals surface area contributed by atoms with Crippen LogP contribution in [0.2, 0.25) is 0 Å². The molecule has 7 nitrogen and oxygen atoms in total. The van der Waals surface area contributed by atoms with E-state index in [-0.39, 0.29) is 18.1 Å². The van der Waals surface area contributed by atoms with Crippen molar-refractivity contribution in [1.82, 2.24) is 19.4 Å². The molecule has 0 saturated carbocycles. The minimum absolute atomic E-state index is 0.174. The molecule has 2 atom stereocenters. The second-order valence-electron chi connectivity index (χ2n) is 7.54. The molecule has 0 radical (unpaired) electrons. The van der Waals surface area contributed by atoms with Gasteiger partial charge in [0, 0.05) is 37.4 Å². The SMILES string of the molecule is Cc1ccc(-n2ccnc2)c(C(=O)Nc2nc(CN3CC(C)OC(C)C3)cs2)c1. The van der Waals surface area contributed by atoms with E-state index in [0.717, 1.165) is 36.6 Å². The Hall–Kier alpha value is -2.55. The highest BCUT2D eigenvalue weighted by molar-refractivity contribution is 7.14. The van der Waals surface area contributed by atoms with Crippen molar-refractivity contribution in [2.45, 2.75) is 39.5 Å². The van der Waals surface area contributed by atoms with Crippen LogP contribution in [0, 0.1) is 6.92 Å². The molecule has 1 saturated heterocycles. The molecule has 1 aliphatic heterocycles. The standard InChI is InChI=1S/C21H25N5O2S/c1-14-4-5-19(26-7-6-22-13-26)18(8-14)20(27)24-21-23-17(12-29-21)11-25-9-15(2)28-16(3)10-25/h4-8,12-13,15-16H,9-11H2,1-3H3,(H,23,24,27). The van der Waals surface area contributed by atoms with Crippen molar-refractivity contribution in [3.63, 3.8) is 0 Å². The van der Waals surface area contributed by atoms with Crippen LogP contribution in [0.4, 0.5) is 5.13 Å². The van der Waals surface area contributed by atoms with Crippen LogP contribution in [0.3, 0.4) is 0 Å². The minimum Gasteiger partial charge on any atom is -0.373 e. The number of rotatable bonds is 5. The van der Waals surface area contributed by atoms with Crippen molar-refractivity contribution in [2.75, 3.05) is 18.4 Å². The quantitative estimate of drug-likeness (QED) is 0.696. The largest absolute Gasteiger partial charge is 0.373 e. The van der Waals surface area contributed by atoms with Gasteiger partial charge in [0.25, 0.3) is 5.91 Å². The Labute approximate surface area is 174 Å². The van der Waals surface area contributed by atoms with Gasteiger partial charge in [-0.3, -0.25) is 15.0 Å². The van der Waals surface area contributed by atoms with Crippen LogP contribution in [0.1, 0.15) is 35.5 Å². The fourth-order valence-corrected chi connectivity index (χ4v) is 4.40. The van der Waals surface area contributed by atoms with E-state index in [2.05, 4.69) is 34.0 Å². The van der Waals surface area contributed by atoms with Gasteiger partial charge in [0.2, 0.25) is 0 Å². The Morgan fingerprint density at radius 2 is 2.10 bits per heavy atom. The van der Waals surface area contributed by atoms with Gasteiger partial charge in [-0.25, -0.2) is 9.97 Å². The molecule has 0 aliphatic carbocycles. The van der Waals surface area contributed by atoms with Crippen LogP contribution in [-0.4, -0.2) is 50.6 Å². The molecule has 1 amide bonds. The highest BCUT2D eigenvalue weighted by Gasteiger charge is 2.23. The van der Waals surface area contributed by atoms with Gasteiger partial charge in [-0.1, -0.05) is 11.6 Å². The monoisotopic (exact) mass is 411 g/mol. The number of morpholine rings is 1. The van der Waals surface area contributed by atoms with Gasteiger partial charge in [0.05, 0.1) is 35.5 Å². The summed E-state index contributed by atoms with van der Waals surface area (Å²) in [6.45, 7) is 8.70. The highest BCUT2D eigenvalue weighted by atomic mass is 32.1. The molecule has 8 heteroatoms. The normalized spacial score (nSPS) is 20.0. The zero-order chi connectivity index (χ0) is 20.4. The zero-order valence-corrected chi connectivity index (χ0v) is 17.6. The Morgan fingerprint density at radius 3 is 2.83 bits per heavy atom. The summed E-state index contributed by atoms with van der Waals surface area (Å²) in [5, 5.41) is 5.57. The average molecular weight is 412 g/mol. The molecule has 4 rings (SSSR count). The van der Waals surface area contributed by atoms with Crippen molar-refractivity contribution in [3.05, 3.63) is 59.1 Å². The summed E-state index contributed by atoms with van der Waals surface area (Å²) in [6, 6.07) is 5.80. The fourth-order valence-electron chi connectivity index (χ4n) is 3.70. The molecule has 3 heterocycles. The van der Waals surface area contributed by atoms with Crippen LogP contribution in [-0.2, 0) is 11.3 Å². The summed E-state index contributed by atoms with van der Waals surface area (Å²) in [5.41, 5.74) is 3.37. The van der Waals surface area contributed by atoms with Crippen LogP contribution >= 0.6 is 11.3 Å². The summed E-state index contributed by atoms with van der Waals surface area (Å²) < 4.78 is 7.63. The zero-order valence-electron chi connectivity index (χ0n) is 16.8. The van der Waals surface area contributed by atoms with Crippen molar-refractivity contribution in [2.24, 2.45) is 0 Å². The second-order valence-corrected chi connectivity index (χ2v) is 8.40. The molecule has 1 aliphatic rings. The maximum atomic E-state index is 13.0. The van der Waals surface area contributed by atoms with Gasteiger partial charge in [-0.15, -0.1) is 11.3 Å². The number of aromatic nitrogens is 3. The van der Waals surface area contributed by atoms with E-state index in [0.29, 0.717) is 10.7 Å². The van der Waals surface area contributed by atoms with Crippen LogP contribution in [0.5, 0.6) is 0 Å². The van der Waals surface area contributed by atoms with Crippen LogP contribution in [0.25, 0.3) is 5.69 Å². The summed E-state index contributed by atoms with van der Waals surface area (Å²) in [4.78, 5) is 24.0. The van der Waals surface area contributed by atoms with Crippen molar-refractivity contribution < 1.29 is 9.53 Å². The summed E-state index contributed by atoms with van der Waals surface area (Å²) in [5.74, 6) is -0.174. The predicted octanol–water partition coefficient (Wildman–Crippen LogP) is 3.50. The van der Waals surface area contributed by atoms with Gasteiger partial charge in [-0.05, 0) is 32.9 Å². The molecule has 3 aromatic rings. The number of thiazole rings is 1. The van der Waals surface area contributed by atoms with Gasteiger partial charge < -0.3 is 9.30 Å². The highest BCUT2D eigenvalue weighted by Crippen LogP contribution is 2.22. The number of amides is 1. The van der Waals surface area contributed by atoms with E-state index in [9.17, 15) is 4.79 Å². The molecular formula is C21H25N5O2S. The third kappa shape index (κ3) is 4.72. The number of hydrogen-bond donors (Lipinski definition) is 1. The van der Waals surface area contributed by atoms with Gasteiger partial charge >= 0.3 is 0 Å². The minimum atomic E-state index is -0.174. The maximum Gasteiger partial charge on any atom is 0.259 e. The van der Waals surface area contributed by atoms with E-state index >= 15 is 0 Å². The first kappa shape index (κ1) is 19.8. The lowest BCUT2D eigenvalue weighted by atomic mass is 10.1. The van der Waals surface area contributed by atoms with Crippen molar-refractivity contribution in [3.8, 4) is 5.69 Å². The Morgan fingerprint density at radius 1 is 1.31 bits per heavy atom. The molecule has 1 fully saturated rings. The number of nitrogens with one attached hydrogen (secondary N) is 1. The smallest absolute Gasteiger partial charge is 0.259 e. The van der Waals surface area contributed by atoms with Gasteiger partial charge in [-0.2, -0.15) is 0 Å².